The average Bonchev–Trinajstić information content (AvgIpc) is 3.75. The Kier molecular flexibility index (Phi) is 4.76. The van der Waals surface area contributed by atoms with E-state index in [0.29, 0.717) is 5.89 Å². The van der Waals surface area contributed by atoms with Gasteiger partial charge in [-0.2, -0.15) is 0 Å². The van der Waals surface area contributed by atoms with Crippen LogP contribution in [0.1, 0.15) is 0 Å². The lowest BCUT2D eigenvalue weighted by atomic mass is 10.0. The molecule has 4 aromatic heterocycles. The fourth-order valence-corrected chi connectivity index (χ4v) is 5.41. The van der Waals surface area contributed by atoms with Gasteiger partial charge in [-0.3, -0.25) is 4.98 Å². The molecule has 8 aromatic rings. The van der Waals surface area contributed by atoms with Crippen LogP contribution in [0.25, 0.3) is 72.6 Å². The Hall–Kier alpha value is -5.42. The number of fused-ring (bicyclic) bond motifs is 4. The summed E-state index contributed by atoms with van der Waals surface area (Å²) < 4.78 is 14.3. The summed E-state index contributed by atoms with van der Waals surface area (Å²) in [5.41, 5.74) is 8.65. The Balaban J connectivity index is 1.44. The van der Waals surface area contributed by atoms with Crippen LogP contribution >= 0.6 is 0 Å². The van der Waals surface area contributed by atoms with Crippen LogP contribution in [0.3, 0.4) is 0 Å². The van der Waals surface area contributed by atoms with Crippen LogP contribution in [-0.4, -0.2) is 14.5 Å². The first-order chi connectivity index (χ1) is 19.3. The SMILES string of the molecule is c1ccc(-c2ccc(-c3ccco3)c(-n3c4ccccc4c4ccc(-c5nc6ccccc6o5)cc43)c2)nc1. The lowest BCUT2D eigenvalue weighted by Gasteiger charge is -2.15. The molecule has 4 heterocycles. The second-order valence-corrected chi connectivity index (χ2v) is 9.50. The highest BCUT2D eigenvalue weighted by Gasteiger charge is 2.19. The van der Waals surface area contributed by atoms with Crippen molar-refractivity contribution in [3.05, 3.63) is 128 Å². The Morgan fingerprint density at radius 2 is 1.49 bits per heavy atom. The van der Waals surface area contributed by atoms with Crippen molar-refractivity contribution in [2.24, 2.45) is 0 Å². The normalized spacial score (nSPS) is 11.6. The predicted molar refractivity (Wildman–Crippen MR) is 155 cm³/mol. The van der Waals surface area contributed by atoms with Crippen molar-refractivity contribution >= 4 is 32.9 Å². The molecule has 5 nitrogen and oxygen atoms in total. The van der Waals surface area contributed by atoms with Crippen LogP contribution in [-0.2, 0) is 0 Å². The zero-order chi connectivity index (χ0) is 25.8. The van der Waals surface area contributed by atoms with E-state index in [4.69, 9.17) is 13.8 Å². The molecule has 0 fully saturated rings. The molecular formula is C34H21N3O2. The first-order valence-electron chi connectivity index (χ1n) is 12.8. The summed E-state index contributed by atoms with van der Waals surface area (Å²) >= 11 is 0. The summed E-state index contributed by atoms with van der Waals surface area (Å²) in [5, 5.41) is 2.32. The highest BCUT2D eigenvalue weighted by Crippen LogP contribution is 2.39. The lowest BCUT2D eigenvalue weighted by molar-refractivity contribution is 0.582. The van der Waals surface area contributed by atoms with E-state index in [1.165, 1.54) is 5.39 Å². The predicted octanol–water partition coefficient (Wildman–Crippen LogP) is 8.91. The number of aromatic nitrogens is 3. The van der Waals surface area contributed by atoms with E-state index in [1.807, 2.05) is 60.8 Å². The summed E-state index contributed by atoms with van der Waals surface area (Å²) in [4.78, 5) is 9.37. The molecule has 0 aliphatic carbocycles. The number of benzene rings is 4. The number of hydrogen-bond acceptors (Lipinski definition) is 4. The van der Waals surface area contributed by atoms with Crippen molar-refractivity contribution in [2.45, 2.75) is 0 Å². The van der Waals surface area contributed by atoms with Crippen LogP contribution < -0.4 is 0 Å². The fraction of sp³-hybridized carbons (Fsp3) is 0. The molecule has 184 valence electrons. The van der Waals surface area contributed by atoms with Crippen LogP contribution in [0, 0.1) is 0 Å². The van der Waals surface area contributed by atoms with Gasteiger partial charge in [-0.15, -0.1) is 0 Å². The van der Waals surface area contributed by atoms with Gasteiger partial charge >= 0.3 is 0 Å². The van der Waals surface area contributed by atoms with Crippen molar-refractivity contribution in [1.29, 1.82) is 0 Å². The third-order valence-electron chi connectivity index (χ3n) is 7.20. The third kappa shape index (κ3) is 3.48. The van der Waals surface area contributed by atoms with Crippen LogP contribution in [0.15, 0.2) is 137 Å². The van der Waals surface area contributed by atoms with E-state index in [1.54, 1.807) is 6.26 Å². The third-order valence-corrected chi connectivity index (χ3v) is 7.20. The maximum atomic E-state index is 6.14. The van der Waals surface area contributed by atoms with E-state index < -0.39 is 0 Å². The molecular weight excluding hydrogens is 482 g/mol. The van der Waals surface area contributed by atoms with Gasteiger partial charge in [0.05, 0.1) is 28.7 Å². The molecule has 0 radical (unpaired) electrons. The molecule has 0 saturated heterocycles. The number of pyridine rings is 1. The molecule has 4 aromatic carbocycles. The molecule has 0 spiro atoms. The minimum Gasteiger partial charge on any atom is -0.464 e. The van der Waals surface area contributed by atoms with Gasteiger partial charge in [-0.1, -0.05) is 48.5 Å². The molecule has 0 unspecified atom stereocenters. The van der Waals surface area contributed by atoms with Crippen molar-refractivity contribution in [3.63, 3.8) is 0 Å². The summed E-state index contributed by atoms with van der Waals surface area (Å²) in [6.45, 7) is 0. The van der Waals surface area contributed by atoms with Crippen molar-refractivity contribution in [2.75, 3.05) is 0 Å². The summed E-state index contributed by atoms with van der Waals surface area (Å²) in [7, 11) is 0. The number of nitrogens with zero attached hydrogens (tertiary/aromatic N) is 3. The van der Waals surface area contributed by atoms with Gasteiger partial charge in [0.1, 0.15) is 11.3 Å². The minimum absolute atomic E-state index is 0.600. The van der Waals surface area contributed by atoms with Crippen LogP contribution in [0.5, 0.6) is 0 Å². The van der Waals surface area contributed by atoms with Crippen molar-refractivity contribution in [3.8, 4) is 39.7 Å². The largest absolute Gasteiger partial charge is 0.464 e. The summed E-state index contributed by atoms with van der Waals surface area (Å²) in [5.74, 6) is 1.40. The second-order valence-electron chi connectivity index (χ2n) is 9.50. The Morgan fingerprint density at radius 3 is 2.36 bits per heavy atom. The lowest BCUT2D eigenvalue weighted by Crippen LogP contribution is -1.98. The molecule has 0 aliphatic heterocycles. The molecule has 39 heavy (non-hydrogen) atoms. The highest BCUT2D eigenvalue weighted by molar-refractivity contribution is 6.10. The van der Waals surface area contributed by atoms with Gasteiger partial charge in [0, 0.05) is 33.7 Å². The zero-order valence-electron chi connectivity index (χ0n) is 20.8. The van der Waals surface area contributed by atoms with E-state index in [9.17, 15) is 0 Å². The zero-order valence-corrected chi connectivity index (χ0v) is 20.8. The smallest absolute Gasteiger partial charge is 0.227 e. The summed E-state index contributed by atoms with van der Waals surface area (Å²) in [6, 6.07) is 39.0. The number of furan rings is 1. The van der Waals surface area contributed by atoms with Gasteiger partial charge in [-0.25, -0.2) is 4.98 Å². The van der Waals surface area contributed by atoms with Gasteiger partial charge in [-0.05, 0) is 66.7 Å². The van der Waals surface area contributed by atoms with Gasteiger partial charge < -0.3 is 13.4 Å². The molecule has 0 amide bonds. The molecule has 0 aliphatic rings. The van der Waals surface area contributed by atoms with E-state index >= 15 is 0 Å². The van der Waals surface area contributed by atoms with Crippen LogP contribution in [0.4, 0.5) is 0 Å². The van der Waals surface area contributed by atoms with E-state index in [2.05, 4.69) is 70.2 Å². The second kappa shape index (κ2) is 8.57. The quantitative estimate of drug-likeness (QED) is 0.241. The molecule has 0 N–H and O–H groups in total. The topological polar surface area (TPSA) is 57.0 Å². The Labute approximate surface area is 223 Å². The fourth-order valence-electron chi connectivity index (χ4n) is 5.41. The molecule has 0 atom stereocenters. The monoisotopic (exact) mass is 503 g/mol. The molecule has 5 heteroatoms. The van der Waals surface area contributed by atoms with E-state index in [0.717, 1.165) is 61.4 Å². The summed E-state index contributed by atoms with van der Waals surface area (Å²) in [6.07, 6.45) is 3.53. The highest BCUT2D eigenvalue weighted by atomic mass is 16.3. The van der Waals surface area contributed by atoms with Crippen molar-refractivity contribution < 1.29 is 8.83 Å². The maximum absolute atomic E-state index is 6.14. The van der Waals surface area contributed by atoms with Gasteiger partial charge in [0.25, 0.3) is 0 Å². The van der Waals surface area contributed by atoms with Crippen LogP contribution in [0.2, 0.25) is 0 Å². The standard InChI is InChI=1S/C34H21N3O2/c1-3-11-29-24(8-1)25-16-15-23(34-36-28-10-2-4-12-33(28)39-34)21-30(25)37(29)31-20-22(27-9-5-6-18-35-27)14-17-26(31)32-13-7-19-38-32/h1-21H. The molecule has 0 bridgehead atoms. The minimum atomic E-state index is 0.600. The number of oxazole rings is 1. The first kappa shape index (κ1) is 21.6. The number of para-hydroxylation sites is 3. The van der Waals surface area contributed by atoms with E-state index in [-0.39, 0.29) is 0 Å². The number of hydrogen-bond donors (Lipinski definition) is 0. The Morgan fingerprint density at radius 1 is 0.641 bits per heavy atom. The number of rotatable bonds is 4. The average molecular weight is 504 g/mol. The Bertz CT molecular complexity index is 2090. The van der Waals surface area contributed by atoms with Gasteiger partial charge in [0.2, 0.25) is 5.89 Å². The van der Waals surface area contributed by atoms with Crippen molar-refractivity contribution in [1.82, 2.24) is 14.5 Å². The first-order valence-corrected chi connectivity index (χ1v) is 12.8. The van der Waals surface area contributed by atoms with Gasteiger partial charge in [0.15, 0.2) is 5.58 Å². The maximum Gasteiger partial charge on any atom is 0.227 e. The molecule has 8 rings (SSSR count). The molecule has 0 saturated carbocycles.